The summed E-state index contributed by atoms with van der Waals surface area (Å²) in [5.41, 5.74) is 3.57. The third kappa shape index (κ3) is 5.03. The first-order chi connectivity index (χ1) is 15.5. The standard InChI is InChI=1S/C26H21BrN2O3/c1-17(18-7-3-2-4-8-18)28-25(30)16-32-26(31)22-15-24(19-11-13-20(27)14-12-19)29-23-10-6-5-9-21(22)23/h2-15,17H,16H2,1H3,(H,28,30)/t17-/m1/s1. The Morgan fingerprint density at radius 1 is 0.969 bits per heavy atom. The molecule has 0 spiro atoms. The normalized spacial score (nSPS) is 11.7. The third-order valence-corrected chi connectivity index (χ3v) is 5.62. The van der Waals surface area contributed by atoms with Crippen LogP contribution in [-0.2, 0) is 9.53 Å². The number of nitrogens with one attached hydrogen (secondary N) is 1. The van der Waals surface area contributed by atoms with Crippen LogP contribution in [-0.4, -0.2) is 23.5 Å². The smallest absolute Gasteiger partial charge is 0.339 e. The molecule has 0 unspecified atom stereocenters. The number of benzene rings is 3. The first-order valence-corrected chi connectivity index (χ1v) is 11.0. The molecule has 1 aromatic heterocycles. The Labute approximate surface area is 194 Å². The molecule has 0 aliphatic heterocycles. The molecule has 0 radical (unpaired) electrons. The number of aromatic nitrogens is 1. The number of carbonyl (C=O) groups excluding carboxylic acids is 2. The number of halogens is 1. The number of rotatable bonds is 6. The van der Waals surface area contributed by atoms with Gasteiger partial charge in [0.15, 0.2) is 6.61 Å². The molecule has 0 aliphatic rings. The molecule has 4 rings (SSSR count). The summed E-state index contributed by atoms with van der Waals surface area (Å²) in [5.74, 6) is -0.925. The van der Waals surface area contributed by atoms with Crippen molar-refractivity contribution in [1.29, 1.82) is 0 Å². The van der Waals surface area contributed by atoms with Gasteiger partial charge in [-0.05, 0) is 36.8 Å². The molecule has 6 heteroatoms. The van der Waals surface area contributed by atoms with Gasteiger partial charge in [-0.15, -0.1) is 0 Å². The Morgan fingerprint density at radius 2 is 1.66 bits per heavy atom. The number of amides is 1. The Bertz CT molecular complexity index is 1260. The first-order valence-electron chi connectivity index (χ1n) is 10.2. The van der Waals surface area contributed by atoms with Crippen molar-refractivity contribution in [2.24, 2.45) is 0 Å². The Morgan fingerprint density at radius 3 is 2.41 bits per heavy atom. The average Bonchev–Trinajstić information content (AvgIpc) is 2.83. The molecule has 0 fully saturated rings. The van der Waals surface area contributed by atoms with E-state index in [1.54, 1.807) is 6.07 Å². The number of pyridine rings is 1. The Kier molecular flexibility index (Phi) is 6.61. The van der Waals surface area contributed by atoms with E-state index in [-0.39, 0.29) is 18.6 Å². The number of para-hydroxylation sites is 1. The number of carbonyl (C=O) groups is 2. The minimum atomic E-state index is -0.565. The van der Waals surface area contributed by atoms with Crippen molar-refractivity contribution in [2.75, 3.05) is 6.61 Å². The molecule has 0 aliphatic carbocycles. The topological polar surface area (TPSA) is 68.3 Å². The number of hydrogen-bond acceptors (Lipinski definition) is 4. The van der Waals surface area contributed by atoms with Crippen LogP contribution < -0.4 is 5.32 Å². The van der Waals surface area contributed by atoms with Crippen molar-refractivity contribution < 1.29 is 14.3 Å². The van der Waals surface area contributed by atoms with Gasteiger partial charge in [0, 0.05) is 15.4 Å². The molecule has 3 aromatic carbocycles. The zero-order chi connectivity index (χ0) is 22.5. The molecular weight excluding hydrogens is 468 g/mol. The average molecular weight is 489 g/mol. The van der Waals surface area contributed by atoms with Crippen LogP contribution in [0.1, 0.15) is 28.9 Å². The van der Waals surface area contributed by atoms with E-state index in [4.69, 9.17) is 4.74 Å². The second-order valence-corrected chi connectivity index (χ2v) is 8.27. The molecule has 0 saturated heterocycles. The van der Waals surface area contributed by atoms with Crippen LogP contribution in [0.2, 0.25) is 0 Å². The number of esters is 1. The zero-order valence-corrected chi connectivity index (χ0v) is 19.0. The minimum Gasteiger partial charge on any atom is -0.452 e. The zero-order valence-electron chi connectivity index (χ0n) is 17.4. The summed E-state index contributed by atoms with van der Waals surface area (Å²) in [5, 5.41) is 3.53. The molecule has 0 bridgehead atoms. The van der Waals surface area contributed by atoms with Gasteiger partial charge in [0.1, 0.15) is 0 Å². The van der Waals surface area contributed by atoms with Gasteiger partial charge in [-0.1, -0.05) is 76.6 Å². The summed E-state index contributed by atoms with van der Waals surface area (Å²) in [6.07, 6.45) is 0. The molecule has 1 atom stereocenters. The highest BCUT2D eigenvalue weighted by Crippen LogP contribution is 2.26. The van der Waals surface area contributed by atoms with Gasteiger partial charge in [0.2, 0.25) is 0 Å². The van der Waals surface area contributed by atoms with Gasteiger partial charge in [0.05, 0.1) is 22.8 Å². The maximum Gasteiger partial charge on any atom is 0.339 e. The van der Waals surface area contributed by atoms with E-state index in [0.717, 1.165) is 15.6 Å². The van der Waals surface area contributed by atoms with Gasteiger partial charge in [0.25, 0.3) is 5.91 Å². The van der Waals surface area contributed by atoms with Gasteiger partial charge < -0.3 is 10.1 Å². The van der Waals surface area contributed by atoms with Crippen molar-refractivity contribution in [2.45, 2.75) is 13.0 Å². The van der Waals surface area contributed by atoms with Gasteiger partial charge >= 0.3 is 5.97 Å². The van der Waals surface area contributed by atoms with Crippen LogP contribution in [0.15, 0.2) is 89.4 Å². The van der Waals surface area contributed by atoms with Crippen LogP contribution >= 0.6 is 15.9 Å². The SMILES string of the molecule is C[C@@H](NC(=O)COC(=O)c1cc(-c2ccc(Br)cc2)nc2ccccc12)c1ccccc1. The van der Waals surface area contributed by atoms with Gasteiger partial charge in [-0.3, -0.25) is 4.79 Å². The highest BCUT2D eigenvalue weighted by Gasteiger charge is 2.17. The van der Waals surface area contributed by atoms with Gasteiger partial charge in [-0.2, -0.15) is 0 Å². The van der Waals surface area contributed by atoms with E-state index < -0.39 is 5.97 Å². The molecule has 0 saturated carbocycles. The number of ether oxygens (including phenoxy) is 1. The maximum atomic E-state index is 12.9. The molecule has 1 heterocycles. The quantitative estimate of drug-likeness (QED) is 0.353. The lowest BCUT2D eigenvalue weighted by Crippen LogP contribution is -2.31. The molecule has 32 heavy (non-hydrogen) atoms. The molecule has 4 aromatic rings. The predicted molar refractivity (Wildman–Crippen MR) is 128 cm³/mol. The van der Waals surface area contributed by atoms with E-state index in [1.807, 2.05) is 85.8 Å². The van der Waals surface area contributed by atoms with E-state index >= 15 is 0 Å². The third-order valence-electron chi connectivity index (χ3n) is 5.09. The lowest BCUT2D eigenvalue weighted by Gasteiger charge is -2.14. The lowest BCUT2D eigenvalue weighted by molar-refractivity contribution is -0.124. The van der Waals surface area contributed by atoms with E-state index in [2.05, 4.69) is 26.2 Å². The van der Waals surface area contributed by atoms with Crippen LogP contribution in [0.4, 0.5) is 0 Å². The fourth-order valence-corrected chi connectivity index (χ4v) is 3.69. The Balaban J connectivity index is 1.52. The largest absolute Gasteiger partial charge is 0.452 e. The fourth-order valence-electron chi connectivity index (χ4n) is 3.43. The van der Waals surface area contributed by atoms with Crippen LogP contribution in [0.25, 0.3) is 22.2 Å². The molecule has 5 nitrogen and oxygen atoms in total. The first kappa shape index (κ1) is 21.7. The van der Waals surface area contributed by atoms with Crippen molar-refractivity contribution in [3.8, 4) is 11.3 Å². The number of nitrogens with zero attached hydrogens (tertiary/aromatic N) is 1. The van der Waals surface area contributed by atoms with E-state index in [0.29, 0.717) is 22.2 Å². The number of hydrogen-bond donors (Lipinski definition) is 1. The van der Waals surface area contributed by atoms with Crippen molar-refractivity contribution >= 4 is 38.7 Å². The molecule has 160 valence electrons. The summed E-state index contributed by atoms with van der Waals surface area (Å²) >= 11 is 3.43. The second kappa shape index (κ2) is 9.75. The number of fused-ring (bicyclic) bond motifs is 1. The molecular formula is C26H21BrN2O3. The summed E-state index contributed by atoms with van der Waals surface area (Å²) in [6, 6.07) is 26.2. The molecule has 1 N–H and O–H groups in total. The summed E-state index contributed by atoms with van der Waals surface area (Å²) < 4.78 is 6.31. The van der Waals surface area contributed by atoms with Crippen molar-refractivity contribution in [3.05, 3.63) is 101 Å². The fraction of sp³-hybridized carbons (Fsp3) is 0.115. The van der Waals surface area contributed by atoms with E-state index in [1.165, 1.54) is 0 Å². The van der Waals surface area contributed by atoms with E-state index in [9.17, 15) is 9.59 Å². The van der Waals surface area contributed by atoms with Gasteiger partial charge in [-0.25, -0.2) is 9.78 Å². The Hall–Kier alpha value is -3.51. The van der Waals surface area contributed by atoms with Crippen LogP contribution in [0.5, 0.6) is 0 Å². The monoisotopic (exact) mass is 488 g/mol. The van der Waals surface area contributed by atoms with Crippen molar-refractivity contribution in [1.82, 2.24) is 10.3 Å². The maximum absolute atomic E-state index is 12.9. The summed E-state index contributed by atoms with van der Waals surface area (Å²) in [6.45, 7) is 1.52. The summed E-state index contributed by atoms with van der Waals surface area (Å²) in [4.78, 5) is 29.9. The van der Waals surface area contributed by atoms with Crippen LogP contribution in [0.3, 0.4) is 0 Å². The highest BCUT2D eigenvalue weighted by molar-refractivity contribution is 9.10. The molecule has 1 amide bonds. The second-order valence-electron chi connectivity index (χ2n) is 7.36. The minimum absolute atomic E-state index is 0.187. The summed E-state index contributed by atoms with van der Waals surface area (Å²) in [7, 11) is 0. The van der Waals surface area contributed by atoms with Crippen LogP contribution in [0, 0.1) is 0 Å². The van der Waals surface area contributed by atoms with Crippen molar-refractivity contribution in [3.63, 3.8) is 0 Å². The predicted octanol–water partition coefficient (Wildman–Crippen LogP) is 5.70. The lowest BCUT2D eigenvalue weighted by atomic mass is 10.0. The highest BCUT2D eigenvalue weighted by atomic mass is 79.9.